The lowest BCUT2D eigenvalue weighted by molar-refractivity contribution is -0.124. The van der Waals surface area contributed by atoms with E-state index in [0.717, 1.165) is 17.0 Å². The maximum atomic E-state index is 11.8. The molecule has 18 heavy (non-hydrogen) atoms. The van der Waals surface area contributed by atoms with Crippen molar-refractivity contribution in [1.82, 2.24) is 15.1 Å². The monoisotopic (exact) mass is 253 g/mol. The molecule has 2 N–H and O–H groups in total. The molecule has 0 bridgehead atoms. The highest BCUT2D eigenvalue weighted by Gasteiger charge is 2.17. The third-order valence-electron chi connectivity index (χ3n) is 3.25. The fraction of sp³-hybridized carbons (Fsp3) is 0.692. The number of hydrogen-bond acceptors (Lipinski definition) is 3. The second kappa shape index (κ2) is 6.54. The van der Waals surface area contributed by atoms with Crippen molar-refractivity contribution in [2.24, 2.45) is 13.0 Å². The van der Waals surface area contributed by atoms with Crippen molar-refractivity contribution in [2.75, 3.05) is 13.2 Å². The van der Waals surface area contributed by atoms with Crippen LogP contribution in [-0.4, -0.2) is 33.9 Å². The van der Waals surface area contributed by atoms with Gasteiger partial charge in [-0.05, 0) is 32.3 Å². The number of rotatable bonds is 6. The molecule has 1 heterocycles. The van der Waals surface area contributed by atoms with Crippen LogP contribution in [0.4, 0.5) is 0 Å². The van der Waals surface area contributed by atoms with Crippen molar-refractivity contribution < 1.29 is 9.90 Å². The zero-order valence-corrected chi connectivity index (χ0v) is 11.7. The topological polar surface area (TPSA) is 67.2 Å². The Labute approximate surface area is 108 Å². The lowest BCUT2D eigenvalue weighted by atomic mass is 9.99. The first-order valence-electron chi connectivity index (χ1n) is 6.35. The van der Waals surface area contributed by atoms with Crippen LogP contribution >= 0.6 is 0 Å². The van der Waals surface area contributed by atoms with E-state index in [1.807, 2.05) is 32.5 Å². The van der Waals surface area contributed by atoms with Crippen molar-refractivity contribution in [3.8, 4) is 0 Å². The molecule has 0 aliphatic rings. The lowest BCUT2D eigenvalue weighted by Gasteiger charge is -2.12. The van der Waals surface area contributed by atoms with E-state index in [1.165, 1.54) is 0 Å². The van der Waals surface area contributed by atoms with Gasteiger partial charge in [-0.3, -0.25) is 9.48 Å². The molecule has 0 fully saturated rings. The predicted octanol–water partition coefficient (Wildman–Crippen LogP) is 0.714. The number of aromatic nitrogens is 2. The van der Waals surface area contributed by atoms with Crippen molar-refractivity contribution in [3.63, 3.8) is 0 Å². The SMILES string of the molecule is Cc1nn(C)c(C)c1CC(C)C(=O)NCCCO. The van der Waals surface area contributed by atoms with Gasteiger partial charge in [0.25, 0.3) is 0 Å². The van der Waals surface area contributed by atoms with Crippen LogP contribution in [0.2, 0.25) is 0 Å². The van der Waals surface area contributed by atoms with Crippen LogP contribution in [0, 0.1) is 19.8 Å². The van der Waals surface area contributed by atoms with Crippen LogP contribution in [0.25, 0.3) is 0 Å². The Hall–Kier alpha value is -1.36. The number of hydrogen-bond donors (Lipinski definition) is 2. The van der Waals surface area contributed by atoms with Gasteiger partial charge in [-0.1, -0.05) is 6.92 Å². The molecule has 0 radical (unpaired) electrons. The fourth-order valence-electron chi connectivity index (χ4n) is 1.98. The van der Waals surface area contributed by atoms with Gasteiger partial charge < -0.3 is 10.4 Å². The summed E-state index contributed by atoms with van der Waals surface area (Å²) in [5, 5.41) is 15.8. The molecule has 0 saturated heterocycles. The van der Waals surface area contributed by atoms with E-state index in [0.29, 0.717) is 19.4 Å². The summed E-state index contributed by atoms with van der Waals surface area (Å²) in [6.45, 7) is 6.55. The third kappa shape index (κ3) is 3.57. The van der Waals surface area contributed by atoms with E-state index < -0.39 is 0 Å². The summed E-state index contributed by atoms with van der Waals surface area (Å²) in [5.41, 5.74) is 3.26. The van der Waals surface area contributed by atoms with Crippen molar-refractivity contribution in [2.45, 2.75) is 33.6 Å². The minimum atomic E-state index is -0.0784. The molecule has 5 heteroatoms. The molecule has 1 aromatic rings. The Bertz CT molecular complexity index is 413. The second-order valence-electron chi connectivity index (χ2n) is 4.75. The van der Waals surface area contributed by atoms with Gasteiger partial charge in [0.15, 0.2) is 0 Å². The van der Waals surface area contributed by atoms with Gasteiger partial charge in [0, 0.05) is 31.8 Å². The van der Waals surface area contributed by atoms with E-state index in [1.54, 1.807) is 0 Å². The van der Waals surface area contributed by atoms with E-state index in [2.05, 4.69) is 10.4 Å². The van der Waals surface area contributed by atoms with Crippen molar-refractivity contribution >= 4 is 5.91 Å². The average Bonchev–Trinajstić information content (AvgIpc) is 2.56. The molecular formula is C13H23N3O2. The van der Waals surface area contributed by atoms with Gasteiger partial charge in [0.2, 0.25) is 5.91 Å². The van der Waals surface area contributed by atoms with Gasteiger partial charge in [-0.25, -0.2) is 0 Å². The van der Waals surface area contributed by atoms with Gasteiger partial charge in [0.05, 0.1) is 5.69 Å². The molecule has 0 saturated carbocycles. The highest BCUT2D eigenvalue weighted by atomic mass is 16.3. The minimum absolute atomic E-state index is 0.0334. The zero-order chi connectivity index (χ0) is 13.7. The minimum Gasteiger partial charge on any atom is -0.396 e. The second-order valence-corrected chi connectivity index (χ2v) is 4.75. The average molecular weight is 253 g/mol. The number of aliphatic hydroxyl groups excluding tert-OH is 1. The molecule has 1 rings (SSSR count). The predicted molar refractivity (Wildman–Crippen MR) is 70.3 cm³/mol. The number of aryl methyl sites for hydroxylation is 2. The van der Waals surface area contributed by atoms with Gasteiger partial charge in [-0.2, -0.15) is 5.10 Å². The smallest absolute Gasteiger partial charge is 0.223 e. The van der Waals surface area contributed by atoms with Crippen LogP contribution in [0.1, 0.15) is 30.3 Å². The van der Waals surface area contributed by atoms with Crippen LogP contribution in [-0.2, 0) is 18.3 Å². The maximum Gasteiger partial charge on any atom is 0.223 e. The number of aliphatic hydroxyl groups is 1. The summed E-state index contributed by atoms with van der Waals surface area (Å²) in [4.78, 5) is 11.8. The molecule has 1 aromatic heterocycles. The summed E-state index contributed by atoms with van der Waals surface area (Å²) in [6.07, 6.45) is 1.31. The number of nitrogens with one attached hydrogen (secondary N) is 1. The first kappa shape index (κ1) is 14.7. The van der Waals surface area contributed by atoms with E-state index in [4.69, 9.17) is 5.11 Å². The molecule has 5 nitrogen and oxygen atoms in total. The first-order chi connectivity index (χ1) is 8.47. The molecule has 1 amide bonds. The molecule has 1 atom stereocenters. The first-order valence-corrected chi connectivity index (χ1v) is 6.35. The summed E-state index contributed by atoms with van der Waals surface area (Å²) in [7, 11) is 1.91. The quantitative estimate of drug-likeness (QED) is 0.734. The highest BCUT2D eigenvalue weighted by Crippen LogP contribution is 2.16. The summed E-state index contributed by atoms with van der Waals surface area (Å²) in [5.74, 6) is -0.0450. The van der Waals surface area contributed by atoms with E-state index in [-0.39, 0.29) is 18.4 Å². The summed E-state index contributed by atoms with van der Waals surface area (Å²) in [6, 6.07) is 0. The van der Waals surface area contributed by atoms with Gasteiger partial charge >= 0.3 is 0 Å². The van der Waals surface area contributed by atoms with Crippen molar-refractivity contribution in [1.29, 1.82) is 0 Å². The van der Waals surface area contributed by atoms with Crippen LogP contribution < -0.4 is 5.32 Å². The van der Waals surface area contributed by atoms with Gasteiger partial charge in [0.1, 0.15) is 0 Å². The number of amides is 1. The molecule has 1 unspecified atom stereocenters. The molecular weight excluding hydrogens is 230 g/mol. The van der Waals surface area contributed by atoms with Crippen LogP contribution in [0.3, 0.4) is 0 Å². The summed E-state index contributed by atoms with van der Waals surface area (Å²) < 4.78 is 1.85. The third-order valence-corrected chi connectivity index (χ3v) is 3.25. The van der Waals surface area contributed by atoms with E-state index >= 15 is 0 Å². The van der Waals surface area contributed by atoms with E-state index in [9.17, 15) is 4.79 Å². The molecule has 0 spiro atoms. The standard InChI is InChI=1S/C13H23N3O2/c1-9(13(18)14-6-5-7-17)8-12-10(2)15-16(4)11(12)3/h9,17H,5-8H2,1-4H3,(H,14,18). The normalized spacial score (nSPS) is 12.5. The number of carbonyl (C=O) groups excluding carboxylic acids is 1. The zero-order valence-electron chi connectivity index (χ0n) is 11.7. The Morgan fingerprint density at radius 2 is 2.17 bits per heavy atom. The lowest BCUT2D eigenvalue weighted by Crippen LogP contribution is -2.31. The highest BCUT2D eigenvalue weighted by molar-refractivity contribution is 5.78. The fourth-order valence-corrected chi connectivity index (χ4v) is 1.98. The molecule has 0 aliphatic carbocycles. The Balaban J connectivity index is 2.58. The summed E-state index contributed by atoms with van der Waals surface area (Å²) >= 11 is 0. The van der Waals surface area contributed by atoms with Crippen LogP contribution in [0.15, 0.2) is 0 Å². The largest absolute Gasteiger partial charge is 0.396 e. The molecule has 0 aromatic carbocycles. The molecule has 0 aliphatic heterocycles. The van der Waals surface area contributed by atoms with Gasteiger partial charge in [-0.15, -0.1) is 0 Å². The van der Waals surface area contributed by atoms with Crippen molar-refractivity contribution in [3.05, 3.63) is 17.0 Å². The Morgan fingerprint density at radius 1 is 1.50 bits per heavy atom. The number of nitrogens with zero attached hydrogens (tertiary/aromatic N) is 2. The van der Waals surface area contributed by atoms with Crippen LogP contribution in [0.5, 0.6) is 0 Å². The number of carbonyl (C=O) groups is 1. The maximum absolute atomic E-state index is 11.8. The Morgan fingerprint density at radius 3 is 2.67 bits per heavy atom. The molecule has 102 valence electrons. The Kier molecular flexibility index (Phi) is 5.34.